The molecule has 0 fully saturated rings. The molecule has 31 heavy (non-hydrogen) atoms. The average molecular weight is 428 g/mol. The molecular weight excluding hydrogens is 402 g/mol. The Kier molecular flexibility index (Phi) is 6.55. The first-order valence-corrected chi connectivity index (χ1v) is 10.0. The minimum absolute atomic E-state index is 0.0834. The van der Waals surface area contributed by atoms with Crippen molar-refractivity contribution >= 4 is 17.4 Å². The van der Waals surface area contributed by atoms with Gasteiger partial charge < -0.3 is 10.0 Å². The van der Waals surface area contributed by atoms with E-state index in [0.717, 1.165) is 23.8 Å². The van der Waals surface area contributed by atoms with Crippen LogP contribution < -0.4 is 5.32 Å². The average Bonchev–Trinajstić information content (AvgIpc) is 3.14. The monoisotopic (exact) mass is 428 g/mol. The highest BCUT2D eigenvalue weighted by molar-refractivity contribution is 5.88. The van der Waals surface area contributed by atoms with Crippen LogP contribution >= 0.6 is 0 Å². The maximum atomic E-state index is 14.4. The van der Waals surface area contributed by atoms with Gasteiger partial charge in [-0.3, -0.25) is 14.9 Å². The smallest absolute Gasteiger partial charge is 0.317 e. The summed E-state index contributed by atoms with van der Waals surface area (Å²) >= 11 is 0. The lowest BCUT2D eigenvalue weighted by atomic mass is 9.85. The fourth-order valence-corrected chi connectivity index (χ4v) is 3.79. The highest BCUT2D eigenvalue weighted by Gasteiger charge is 2.39. The number of hydrogen-bond acceptors (Lipinski definition) is 3. The molecule has 0 aromatic heterocycles. The van der Waals surface area contributed by atoms with Crippen molar-refractivity contribution < 1.29 is 23.5 Å². The lowest BCUT2D eigenvalue weighted by Gasteiger charge is -2.36. The summed E-state index contributed by atoms with van der Waals surface area (Å²) in [5, 5.41) is 11.9. The fourth-order valence-electron chi connectivity index (χ4n) is 3.79. The largest absolute Gasteiger partial charge is 0.480 e. The third-order valence-electron chi connectivity index (χ3n) is 5.30. The van der Waals surface area contributed by atoms with Crippen LogP contribution in [0.2, 0.25) is 0 Å². The van der Waals surface area contributed by atoms with Crippen LogP contribution in [0, 0.1) is 17.0 Å². The number of nitrogens with zero attached hydrogens (tertiary/aromatic N) is 1. The highest BCUT2D eigenvalue weighted by atomic mass is 19.1. The third kappa shape index (κ3) is 5.17. The van der Waals surface area contributed by atoms with Gasteiger partial charge in [0.15, 0.2) is 0 Å². The maximum absolute atomic E-state index is 14.4. The molecule has 0 unspecified atom stereocenters. The molecule has 2 atom stereocenters. The number of carboxylic acid groups (broad SMARTS) is 1. The van der Waals surface area contributed by atoms with Crippen LogP contribution in [-0.4, -0.2) is 41.0 Å². The quantitative estimate of drug-likeness (QED) is 0.729. The lowest BCUT2D eigenvalue weighted by molar-refractivity contribution is -0.138. The summed E-state index contributed by atoms with van der Waals surface area (Å²) in [6.07, 6.45) is 1.77. The Bertz CT molecular complexity index is 1000. The Morgan fingerprint density at radius 2 is 1.84 bits per heavy atom. The van der Waals surface area contributed by atoms with Crippen molar-refractivity contribution in [2.24, 2.45) is 5.41 Å². The predicted molar refractivity (Wildman–Crippen MR) is 114 cm³/mol. The Morgan fingerprint density at radius 1 is 1.16 bits per heavy atom. The molecule has 1 heterocycles. The molecule has 0 saturated heterocycles. The number of carboxylic acids is 1. The molecule has 1 aliphatic rings. The summed E-state index contributed by atoms with van der Waals surface area (Å²) in [6, 6.07) is 11.3. The second kappa shape index (κ2) is 8.98. The molecule has 5 nitrogen and oxygen atoms in total. The van der Waals surface area contributed by atoms with Crippen LogP contribution in [0.3, 0.4) is 0 Å². The van der Waals surface area contributed by atoms with Gasteiger partial charge in [0.05, 0.1) is 18.6 Å². The van der Waals surface area contributed by atoms with Crippen molar-refractivity contribution in [3.8, 4) is 0 Å². The van der Waals surface area contributed by atoms with Gasteiger partial charge in [0.25, 0.3) is 0 Å². The van der Waals surface area contributed by atoms with Gasteiger partial charge in [-0.15, -0.1) is 0 Å². The molecule has 0 bridgehead atoms. The molecule has 1 amide bonds. The van der Waals surface area contributed by atoms with Crippen LogP contribution in [-0.2, 0) is 9.59 Å². The third-order valence-corrected chi connectivity index (χ3v) is 5.30. The minimum Gasteiger partial charge on any atom is -0.480 e. The van der Waals surface area contributed by atoms with Gasteiger partial charge in [-0.25, -0.2) is 8.78 Å². The van der Waals surface area contributed by atoms with E-state index in [1.54, 1.807) is 11.0 Å². The molecule has 164 valence electrons. The Balaban J connectivity index is 2.00. The number of carbonyl (C=O) groups is 2. The zero-order chi connectivity index (χ0) is 22.8. The summed E-state index contributed by atoms with van der Waals surface area (Å²) in [6.45, 7) is 5.26. The van der Waals surface area contributed by atoms with Crippen molar-refractivity contribution in [2.45, 2.75) is 32.9 Å². The standard InChI is InChI=1S/C24H26F2N2O3/c1-24(2,3)22(27-13-21(29)30)23(31)28-14-16(18-12-17(25)9-10-19(18)26)11-20(28)15-7-5-4-6-8-15/h4-12,20,22,27H,13-14H2,1-3H3,(H,29,30)/t20-,22+/m0/s1. The first-order chi connectivity index (χ1) is 14.6. The van der Waals surface area contributed by atoms with Gasteiger partial charge in [0.1, 0.15) is 11.6 Å². The van der Waals surface area contributed by atoms with Crippen molar-refractivity contribution in [1.29, 1.82) is 0 Å². The van der Waals surface area contributed by atoms with E-state index in [2.05, 4.69) is 5.32 Å². The highest BCUT2D eigenvalue weighted by Crippen LogP contribution is 2.37. The van der Waals surface area contributed by atoms with Crippen molar-refractivity contribution in [2.75, 3.05) is 13.1 Å². The molecule has 2 N–H and O–H groups in total. The van der Waals surface area contributed by atoms with Gasteiger partial charge in [-0.05, 0) is 34.8 Å². The first kappa shape index (κ1) is 22.6. The van der Waals surface area contributed by atoms with Crippen LogP contribution in [0.25, 0.3) is 5.57 Å². The van der Waals surface area contributed by atoms with E-state index in [0.29, 0.717) is 5.57 Å². The van der Waals surface area contributed by atoms with E-state index in [4.69, 9.17) is 5.11 Å². The van der Waals surface area contributed by atoms with Crippen molar-refractivity contribution in [1.82, 2.24) is 10.2 Å². The van der Waals surface area contributed by atoms with Crippen molar-refractivity contribution in [3.63, 3.8) is 0 Å². The Morgan fingerprint density at radius 3 is 2.45 bits per heavy atom. The second-order valence-corrected chi connectivity index (χ2v) is 8.71. The summed E-state index contributed by atoms with van der Waals surface area (Å²) in [4.78, 5) is 26.3. The molecule has 0 spiro atoms. The van der Waals surface area contributed by atoms with E-state index in [9.17, 15) is 18.4 Å². The SMILES string of the molecule is CC(C)(C)[C@H](NCC(=O)O)C(=O)N1CC(c2cc(F)ccc2F)=C[C@H]1c1ccccc1. The Labute approximate surface area is 180 Å². The van der Waals surface area contributed by atoms with Gasteiger partial charge in [-0.2, -0.15) is 0 Å². The van der Waals surface area contributed by atoms with E-state index < -0.39 is 35.1 Å². The van der Waals surface area contributed by atoms with Gasteiger partial charge in [0.2, 0.25) is 5.91 Å². The number of aliphatic carboxylic acids is 1. The summed E-state index contributed by atoms with van der Waals surface area (Å²) in [5.74, 6) is -2.49. The van der Waals surface area contributed by atoms with Crippen LogP contribution in [0.15, 0.2) is 54.6 Å². The molecule has 3 rings (SSSR count). The minimum atomic E-state index is -1.07. The van der Waals surface area contributed by atoms with E-state index in [1.807, 2.05) is 51.1 Å². The number of nitrogens with one attached hydrogen (secondary N) is 1. The number of rotatable bonds is 6. The molecule has 2 aromatic carbocycles. The molecule has 7 heteroatoms. The first-order valence-electron chi connectivity index (χ1n) is 10.0. The predicted octanol–water partition coefficient (Wildman–Crippen LogP) is 4.02. The van der Waals surface area contributed by atoms with Crippen LogP contribution in [0.1, 0.15) is 37.9 Å². The van der Waals surface area contributed by atoms with Crippen LogP contribution in [0.4, 0.5) is 8.78 Å². The molecule has 0 radical (unpaired) electrons. The lowest BCUT2D eigenvalue weighted by Crippen LogP contribution is -2.54. The molecule has 0 aliphatic carbocycles. The Hall–Kier alpha value is -3.06. The van der Waals surface area contributed by atoms with Gasteiger partial charge >= 0.3 is 5.97 Å². The molecule has 1 aliphatic heterocycles. The van der Waals surface area contributed by atoms with Crippen LogP contribution in [0.5, 0.6) is 0 Å². The number of carbonyl (C=O) groups excluding carboxylic acids is 1. The summed E-state index contributed by atoms with van der Waals surface area (Å²) in [7, 11) is 0. The summed E-state index contributed by atoms with van der Waals surface area (Å²) < 4.78 is 28.2. The normalized spacial score (nSPS) is 17.4. The van der Waals surface area contributed by atoms with E-state index in [1.165, 1.54) is 0 Å². The van der Waals surface area contributed by atoms with E-state index in [-0.39, 0.29) is 24.6 Å². The molecule has 2 aromatic rings. The number of benzene rings is 2. The maximum Gasteiger partial charge on any atom is 0.317 e. The molecular formula is C24H26F2N2O3. The van der Waals surface area contributed by atoms with Crippen molar-refractivity contribution in [3.05, 3.63) is 77.4 Å². The number of halogens is 2. The molecule has 0 saturated carbocycles. The van der Waals surface area contributed by atoms with E-state index >= 15 is 0 Å². The zero-order valence-electron chi connectivity index (χ0n) is 17.7. The number of hydrogen-bond donors (Lipinski definition) is 2. The zero-order valence-corrected chi connectivity index (χ0v) is 17.7. The second-order valence-electron chi connectivity index (χ2n) is 8.71. The fraction of sp³-hybridized carbons (Fsp3) is 0.333. The van der Waals surface area contributed by atoms with Gasteiger partial charge in [0, 0.05) is 12.1 Å². The summed E-state index contributed by atoms with van der Waals surface area (Å²) in [5.41, 5.74) is 0.876. The number of amides is 1. The van der Waals surface area contributed by atoms with Gasteiger partial charge in [-0.1, -0.05) is 57.2 Å². The topological polar surface area (TPSA) is 69.6 Å².